The number of ether oxygens (including phenoxy) is 1. The van der Waals surface area contributed by atoms with Crippen LogP contribution in [0.2, 0.25) is 5.15 Å². The fourth-order valence-corrected chi connectivity index (χ4v) is 2.32. The Hall–Kier alpha value is -1.36. The number of methoxy groups -OCH3 is 1. The van der Waals surface area contributed by atoms with Crippen molar-refractivity contribution in [2.45, 2.75) is 26.1 Å². The van der Waals surface area contributed by atoms with E-state index < -0.39 is 0 Å². The van der Waals surface area contributed by atoms with Crippen LogP contribution in [0.3, 0.4) is 0 Å². The van der Waals surface area contributed by atoms with Crippen molar-refractivity contribution >= 4 is 11.6 Å². The molecule has 1 unspecified atom stereocenters. The van der Waals surface area contributed by atoms with Gasteiger partial charge in [-0.25, -0.2) is 4.98 Å². The Morgan fingerprint density at radius 1 is 1.35 bits per heavy atom. The van der Waals surface area contributed by atoms with Crippen molar-refractivity contribution < 1.29 is 4.74 Å². The van der Waals surface area contributed by atoms with Gasteiger partial charge in [0.05, 0.1) is 18.8 Å². The first-order valence-corrected chi connectivity index (χ1v) is 6.97. The molecule has 0 saturated heterocycles. The van der Waals surface area contributed by atoms with Crippen LogP contribution in [0.15, 0.2) is 30.5 Å². The molecule has 1 atom stereocenters. The molecule has 0 saturated carbocycles. The summed E-state index contributed by atoms with van der Waals surface area (Å²) < 4.78 is 7.11. The minimum Gasteiger partial charge on any atom is -0.380 e. The van der Waals surface area contributed by atoms with Crippen molar-refractivity contribution in [2.24, 2.45) is 7.05 Å². The Kier molecular flexibility index (Phi) is 5.17. The first kappa shape index (κ1) is 15.0. The molecule has 0 aliphatic carbocycles. The zero-order chi connectivity index (χ0) is 14.5. The number of nitrogens with one attached hydrogen (secondary N) is 1. The summed E-state index contributed by atoms with van der Waals surface area (Å²) in [5.74, 6) is 0.930. The summed E-state index contributed by atoms with van der Waals surface area (Å²) in [5.41, 5.74) is 2.44. The minimum absolute atomic E-state index is 0.128. The average molecular weight is 294 g/mol. The van der Waals surface area contributed by atoms with Crippen LogP contribution in [0.25, 0.3) is 0 Å². The van der Waals surface area contributed by atoms with E-state index in [0.29, 0.717) is 11.8 Å². The molecule has 0 aliphatic heterocycles. The van der Waals surface area contributed by atoms with E-state index in [9.17, 15) is 0 Å². The number of nitrogens with zero attached hydrogens (tertiary/aromatic N) is 2. The third kappa shape index (κ3) is 3.39. The summed E-state index contributed by atoms with van der Waals surface area (Å²) in [6, 6.07) is 8.39. The van der Waals surface area contributed by atoms with Gasteiger partial charge in [0.1, 0.15) is 11.0 Å². The molecule has 20 heavy (non-hydrogen) atoms. The van der Waals surface area contributed by atoms with Gasteiger partial charge in [0, 0.05) is 20.7 Å². The molecule has 5 heteroatoms. The molecule has 1 N–H and O–H groups in total. The molecule has 0 amide bonds. The van der Waals surface area contributed by atoms with Gasteiger partial charge in [0.2, 0.25) is 0 Å². The predicted octanol–water partition coefficient (Wildman–Crippen LogP) is 3.07. The normalized spacial score (nSPS) is 12.6. The van der Waals surface area contributed by atoms with Crippen LogP contribution < -0.4 is 5.32 Å². The topological polar surface area (TPSA) is 39.1 Å². The largest absolute Gasteiger partial charge is 0.380 e. The molecular formula is C15H20ClN3O. The van der Waals surface area contributed by atoms with Gasteiger partial charge in [-0.2, -0.15) is 0 Å². The van der Waals surface area contributed by atoms with E-state index in [2.05, 4.69) is 29.4 Å². The lowest BCUT2D eigenvalue weighted by atomic mass is 10.1. The average Bonchev–Trinajstić information content (AvgIpc) is 2.78. The Morgan fingerprint density at radius 2 is 2.05 bits per heavy atom. The maximum Gasteiger partial charge on any atom is 0.128 e. The zero-order valence-corrected chi connectivity index (χ0v) is 12.8. The SMILES string of the molecule is COCc1ccccc1CNC(C)c1ncc(Cl)n1C. The Morgan fingerprint density at radius 3 is 2.65 bits per heavy atom. The van der Waals surface area contributed by atoms with Crippen molar-refractivity contribution in [1.29, 1.82) is 0 Å². The van der Waals surface area contributed by atoms with E-state index in [-0.39, 0.29) is 6.04 Å². The van der Waals surface area contributed by atoms with Crippen molar-refractivity contribution in [3.8, 4) is 0 Å². The maximum atomic E-state index is 6.01. The summed E-state index contributed by atoms with van der Waals surface area (Å²) in [5, 5.41) is 4.12. The molecule has 108 valence electrons. The van der Waals surface area contributed by atoms with Crippen LogP contribution in [0, 0.1) is 0 Å². The molecule has 0 fully saturated rings. The molecule has 2 aromatic rings. The van der Waals surface area contributed by atoms with Gasteiger partial charge in [-0.3, -0.25) is 0 Å². The molecule has 0 aliphatic rings. The maximum absolute atomic E-state index is 6.01. The van der Waals surface area contributed by atoms with Gasteiger partial charge in [0.15, 0.2) is 0 Å². The number of hydrogen-bond donors (Lipinski definition) is 1. The molecule has 0 bridgehead atoms. The number of imidazole rings is 1. The van der Waals surface area contributed by atoms with Crippen LogP contribution in [0.5, 0.6) is 0 Å². The van der Waals surface area contributed by atoms with E-state index in [1.807, 2.05) is 23.7 Å². The lowest BCUT2D eigenvalue weighted by Crippen LogP contribution is -2.21. The standard InChI is InChI=1S/C15H20ClN3O/c1-11(15-18-9-14(16)19(15)2)17-8-12-6-4-5-7-13(12)10-20-3/h4-7,9,11,17H,8,10H2,1-3H3. The second-order valence-electron chi connectivity index (χ2n) is 4.80. The van der Waals surface area contributed by atoms with Crippen molar-refractivity contribution in [1.82, 2.24) is 14.9 Å². The highest BCUT2D eigenvalue weighted by molar-refractivity contribution is 6.29. The molecule has 1 heterocycles. The van der Waals surface area contributed by atoms with Crippen LogP contribution in [-0.2, 0) is 24.9 Å². The molecule has 2 rings (SSSR count). The summed E-state index contributed by atoms with van der Waals surface area (Å²) >= 11 is 6.01. The van der Waals surface area contributed by atoms with Gasteiger partial charge >= 0.3 is 0 Å². The Bertz CT molecular complexity index is 568. The lowest BCUT2D eigenvalue weighted by molar-refractivity contribution is 0.184. The summed E-state index contributed by atoms with van der Waals surface area (Å²) in [6.45, 7) is 3.48. The second-order valence-corrected chi connectivity index (χ2v) is 5.19. The molecule has 1 aromatic heterocycles. The molecule has 0 radical (unpaired) electrons. The fourth-order valence-electron chi connectivity index (χ4n) is 2.18. The van der Waals surface area contributed by atoms with Crippen molar-refractivity contribution in [2.75, 3.05) is 7.11 Å². The Balaban J connectivity index is 2.03. The van der Waals surface area contributed by atoms with E-state index >= 15 is 0 Å². The number of aromatic nitrogens is 2. The van der Waals surface area contributed by atoms with Crippen molar-refractivity contribution in [3.63, 3.8) is 0 Å². The van der Waals surface area contributed by atoms with Crippen LogP contribution >= 0.6 is 11.6 Å². The summed E-state index contributed by atoms with van der Waals surface area (Å²) in [7, 11) is 3.63. The number of rotatable bonds is 6. The van der Waals surface area contributed by atoms with E-state index in [4.69, 9.17) is 16.3 Å². The summed E-state index contributed by atoms with van der Waals surface area (Å²) in [4.78, 5) is 4.33. The number of hydrogen-bond acceptors (Lipinski definition) is 3. The molecule has 0 spiro atoms. The highest BCUT2D eigenvalue weighted by Gasteiger charge is 2.12. The predicted molar refractivity (Wildman–Crippen MR) is 80.6 cm³/mol. The highest BCUT2D eigenvalue weighted by Crippen LogP contribution is 2.17. The zero-order valence-electron chi connectivity index (χ0n) is 12.1. The number of benzene rings is 1. The second kappa shape index (κ2) is 6.88. The van der Waals surface area contributed by atoms with E-state index in [0.717, 1.165) is 12.4 Å². The van der Waals surface area contributed by atoms with Crippen LogP contribution in [-0.4, -0.2) is 16.7 Å². The third-order valence-electron chi connectivity index (χ3n) is 3.37. The van der Waals surface area contributed by atoms with Gasteiger partial charge in [-0.15, -0.1) is 0 Å². The molecular weight excluding hydrogens is 274 g/mol. The highest BCUT2D eigenvalue weighted by atomic mass is 35.5. The fraction of sp³-hybridized carbons (Fsp3) is 0.400. The summed E-state index contributed by atoms with van der Waals surface area (Å²) in [6.07, 6.45) is 1.67. The van der Waals surface area contributed by atoms with Gasteiger partial charge in [0.25, 0.3) is 0 Å². The van der Waals surface area contributed by atoms with E-state index in [1.165, 1.54) is 11.1 Å². The lowest BCUT2D eigenvalue weighted by Gasteiger charge is -2.15. The number of halogens is 1. The monoisotopic (exact) mass is 293 g/mol. The molecule has 4 nitrogen and oxygen atoms in total. The van der Waals surface area contributed by atoms with Crippen LogP contribution in [0.1, 0.15) is 29.9 Å². The third-order valence-corrected chi connectivity index (χ3v) is 3.72. The van der Waals surface area contributed by atoms with E-state index in [1.54, 1.807) is 13.3 Å². The first-order valence-electron chi connectivity index (χ1n) is 6.59. The van der Waals surface area contributed by atoms with Crippen LogP contribution in [0.4, 0.5) is 0 Å². The van der Waals surface area contributed by atoms with Gasteiger partial charge in [-0.05, 0) is 18.1 Å². The quantitative estimate of drug-likeness (QED) is 0.890. The molecule has 1 aromatic carbocycles. The van der Waals surface area contributed by atoms with Gasteiger partial charge < -0.3 is 14.6 Å². The van der Waals surface area contributed by atoms with Gasteiger partial charge in [-0.1, -0.05) is 35.9 Å². The Labute approximate surface area is 124 Å². The first-order chi connectivity index (χ1) is 9.63. The minimum atomic E-state index is 0.128. The van der Waals surface area contributed by atoms with Crippen molar-refractivity contribution in [3.05, 3.63) is 52.6 Å². The smallest absolute Gasteiger partial charge is 0.128 e.